The van der Waals surface area contributed by atoms with Crippen LogP contribution in [0.15, 0.2) is 34.9 Å². The van der Waals surface area contributed by atoms with Crippen LogP contribution in [0.5, 0.6) is 5.75 Å². The average molecular weight is 281 g/mol. The number of ether oxygens (including phenoxy) is 1. The summed E-state index contributed by atoms with van der Waals surface area (Å²) in [5.41, 5.74) is 4.84. The molecule has 0 bridgehead atoms. The van der Waals surface area contributed by atoms with Crippen molar-refractivity contribution in [1.29, 1.82) is 0 Å². The third-order valence-electron chi connectivity index (χ3n) is 3.14. The van der Waals surface area contributed by atoms with Crippen molar-refractivity contribution in [3.05, 3.63) is 52.4 Å². The van der Waals surface area contributed by atoms with E-state index in [2.05, 4.69) is 5.43 Å². The van der Waals surface area contributed by atoms with E-state index in [1.54, 1.807) is 19.4 Å². The topological polar surface area (TPSA) is 60.4 Å². The summed E-state index contributed by atoms with van der Waals surface area (Å²) in [5, 5.41) is 0.676. The van der Waals surface area contributed by atoms with Crippen molar-refractivity contribution in [2.45, 2.75) is 19.4 Å². The monoisotopic (exact) mass is 280 g/mol. The molecule has 5 heteroatoms. The Hall–Kier alpha value is -1.49. The van der Waals surface area contributed by atoms with Gasteiger partial charge in [-0.3, -0.25) is 11.3 Å². The van der Waals surface area contributed by atoms with Gasteiger partial charge < -0.3 is 9.15 Å². The van der Waals surface area contributed by atoms with Crippen molar-refractivity contribution < 1.29 is 9.15 Å². The summed E-state index contributed by atoms with van der Waals surface area (Å²) in [6, 6.07) is 7.41. The minimum Gasteiger partial charge on any atom is -0.496 e. The summed E-state index contributed by atoms with van der Waals surface area (Å²) in [6.07, 6.45) is 2.32. The van der Waals surface area contributed by atoms with Crippen LogP contribution in [0.1, 0.15) is 22.9 Å². The Kier molecular flexibility index (Phi) is 4.47. The molecule has 0 radical (unpaired) electrons. The highest BCUT2D eigenvalue weighted by atomic mass is 35.5. The van der Waals surface area contributed by atoms with Crippen LogP contribution in [0.4, 0.5) is 0 Å². The van der Waals surface area contributed by atoms with Crippen LogP contribution in [0, 0.1) is 6.92 Å². The first-order valence-corrected chi connectivity index (χ1v) is 6.36. The lowest BCUT2D eigenvalue weighted by Crippen LogP contribution is -2.29. The first-order chi connectivity index (χ1) is 9.15. The number of hydrogen-bond acceptors (Lipinski definition) is 4. The predicted molar refractivity (Wildman–Crippen MR) is 75.2 cm³/mol. The highest BCUT2D eigenvalue weighted by molar-refractivity contribution is 6.30. The van der Waals surface area contributed by atoms with Crippen molar-refractivity contribution in [3.63, 3.8) is 0 Å². The maximum atomic E-state index is 6.03. The molecule has 4 nitrogen and oxygen atoms in total. The molecule has 3 N–H and O–H groups in total. The number of hydrazine groups is 1. The van der Waals surface area contributed by atoms with Gasteiger partial charge in [-0.25, -0.2) is 0 Å². The number of halogens is 1. The van der Waals surface area contributed by atoms with Gasteiger partial charge in [0.1, 0.15) is 11.5 Å². The number of nitrogens with one attached hydrogen (secondary N) is 1. The molecular formula is C14H17ClN2O2. The van der Waals surface area contributed by atoms with E-state index in [-0.39, 0.29) is 6.04 Å². The first-order valence-electron chi connectivity index (χ1n) is 5.98. The molecule has 0 saturated heterocycles. The Morgan fingerprint density at radius 1 is 1.42 bits per heavy atom. The normalized spacial score (nSPS) is 12.4. The number of rotatable bonds is 5. The standard InChI is InChI=1S/C14H17ClN2O2/c1-9-12(5-6-19-9)13(17-16)8-10-7-11(15)3-4-14(10)18-2/h3-7,13,17H,8,16H2,1-2H3. The van der Waals surface area contributed by atoms with Crippen LogP contribution in [0.2, 0.25) is 5.02 Å². The molecule has 1 aromatic carbocycles. The Morgan fingerprint density at radius 2 is 2.21 bits per heavy atom. The van der Waals surface area contributed by atoms with E-state index in [0.29, 0.717) is 11.4 Å². The fourth-order valence-corrected chi connectivity index (χ4v) is 2.34. The van der Waals surface area contributed by atoms with E-state index < -0.39 is 0 Å². The van der Waals surface area contributed by atoms with Crippen LogP contribution in [-0.2, 0) is 6.42 Å². The van der Waals surface area contributed by atoms with Crippen LogP contribution in [0.25, 0.3) is 0 Å². The lowest BCUT2D eigenvalue weighted by Gasteiger charge is -2.17. The van der Waals surface area contributed by atoms with Gasteiger partial charge in [-0.2, -0.15) is 0 Å². The predicted octanol–water partition coefficient (Wildman–Crippen LogP) is 3.00. The molecule has 1 aromatic heterocycles. The first kappa shape index (κ1) is 13.9. The molecule has 0 aliphatic carbocycles. The zero-order chi connectivity index (χ0) is 13.8. The number of furan rings is 1. The van der Waals surface area contributed by atoms with E-state index in [1.807, 2.05) is 25.1 Å². The molecule has 0 aliphatic rings. The van der Waals surface area contributed by atoms with Gasteiger partial charge >= 0.3 is 0 Å². The summed E-state index contributed by atoms with van der Waals surface area (Å²) in [4.78, 5) is 0. The van der Waals surface area contributed by atoms with Crippen molar-refractivity contribution in [1.82, 2.24) is 5.43 Å². The van der Waals surface area contributed by atoms with Gasteiger partial charge in [0, 0.05) is 10.6 Å². The maximum Gasteiger partial charge on any atom is 0.122 e. The van der Waals surface area contributed by atoms with E-state index in [0.717, 1.165) is 22.6 Å². The molecule has 0 fully saturated rings. The van der Waals surface area contributed by atoms with Crippen molar-refractivity contribution >= 4 is 11.6 Å². The minimum atomic E-state index is -0.0499. The summed E-state index contributed by atoms with van der Waals surface area (Å²) >= 11 is 6.03. The molecule has 102 valence electrons. The smallest absolute Gasteiger partial charge is 0.122 e. The molecule has 0 spiro atoms. The second kappa shape index (κ2) is 6.10. The maximum absolute atomic E-state index is 6.03. The second-order valence-corrected chi connectivity index (χ2v) is 4.75. The highest BCUT2D eigenvalue weighted by Crippen LogP contribution is 2.28. The zero-order valence-corrected chi connectivity index (χ0v) is 11.7. The average Bonchev–Trinajstić information content (AvgIpc) is 2.82. The summed E-state index contributed by atoms with van der Waals surface area (Å²) in [6.45, 7) is 1.91. The fourth-order valence-electron chi connectivity index (χ4n) is 2.14. The van der Waals surface area contributed by atoms with Gasteiger partial charge in [-0.1, -0.05) is 11.6 Å². The largest absolute Gasteiger partial charge is 0.496 e. The molecule has 1 heterocycles. The molecule has 1 atom stereocenters. The molecule has 0 saturated carbocycles. The van der Waals surface area contributed by atoms with Crippen LogP contribution in [-0.4, -0.2) is 7.11 Å². The molecule has 0 aliphatic heterocycles. The zero-order valence-electron chi connectivity index (χ0n) is 10.9. The van der Waals surface area contributed by atoms with E-state index in [9.17, 15) is 0 Å². The van der Waals surface area contributed by atoms with E-state index >= 15 is 0 Å². The Balaban J connectivity index is 2.28. The number of methoxy groups -OCH3 is 1. The van der Waals surface area contributed by atoms with Gasteiger partial charge in [0.25, 0.3) is 0 Å². The fraction of sp³-hybridized carbons (Fsp3) is 0.286. The van der Waals surface area contributed by atoms with Crippen LogP contribution >= 0.6 is 11.6 Å². The molecule has 1 unspecified atom stereocenters. The van der Waals surface area contributed by atoms with Gasteiger partial charge in [0.05, 0.1) is 19.4 Å². The van der Waals surface area contributed by atoms with Gasteiger partial charge in [-0.05, 0) is 43.2 Å². The Labute approximate surface area is 117 Å². The van der Waals surface area contributed by atoms with E-state index in [1.165, 1.54) is 0 Å². The third-order valence-corrected chi connectivity index (χ3v) is 3.38. The highest BCUT2D eigenvalue weighted by Gasteiger charge is 2.17. The number of benzene rings is 1. The van der Waals surface area contributed by atoms with Gasteiger partial charge in [-0.15, -0.1) is 0 Å². The minimum absolute atomic E-state index is 0.0499. The SMILES string of the molecule is COc1ccc(Cl)cc1CC(NN)c1ccoc1C. The third kappa shape index (κ3) is 3.10. The second-order valence-electron chi connectivity index (χ2n) is 4.31. The van der Waals surface area contributed by atoms with Gasteiger partial charge in [0.2, 0.25) is 0 Å². The van der Waals surface area contributed by atoms with Crippen LogP contribution < -0.4 is 16.0 Å². The lowest BCUT2D eigenvalue weighted by molar-refractivity contribution is 0.405. The molecular weight excluding hydrogens is 264 g/mol. The Morgan fingerprint density at radius 3 is 2.79 bits per heavy atom. The van der Waals surface area contributed by atoms with E-state index in [4.69, 9.17) is 26.6 Å². The van der Waals surface area contributed by atoms with Gasteiger partial charge in [0.15, 0.2) is 0 Å². The quantitative estimate of drug-likeness (QED) is 0.653. The molecule has 19 heavy (non-hydrogen) atoms. The molecule has 2 aromatic rings. The number of nitrogens with two attached hydrogens (primary N) is 1. The number of aryl methyl sites for hydroxylation is 1. The summed E-state index contributed by atoms with van der Waals surface area (Å²) < 4.78 is 10.7. The summed E-state index contributed by atoms with van der Waals surface area (Å²) in [5.74, 6) is 7.29. The van der Waals surface area contributed by atoms with Crippen molar-refractivity contribution in [2.75, 3.05) is 7.11 Å². The summed E-state index contributed by atoms with van der Waals surface area (Å²) in [7, 11) is 1.64. The lowest BCUT2D eigenvalue weighted by atomic mass is 9.99. The van der Waals surface area contributed by atoms with Crippen molar-refractivity contribution in [2.24, 2.45) is 5.84 Å². The van der Waals surface area contributed by atoms with Crippen LogP contribution in [0.3, 0.4) is 0 Å². The molecule has 2 rings (SSSR count). The number of hydrogen-bond donors (Lipinski definition) is 2. The molecule has 0 amide bonds. The van der Waals surface area contributed by atoms with Crippen molar-refractivity contribution in [3.8, 4) is 5.75 Å². The Bertz CT molecular complexity index is 554.